The van der Waals surface area contributed by atoms with E-state index in [9.17, 15) is 9.59 Å². The summed E-state index contributed by atoms with van der Waals surface area (Å²) in [5.41, 5.74) is 5.77. The van der Waals surface area contributed by atoms with Gasteiger partial charge in [-0.25, -0.2) is 0 Å². The van der Waals surface area contributed by atoms with Crippen LogP contribution >= 0.6 is 0 Å². The Hall–Kier alpha value is -2.10. The summed E-state index contributed by atoms with van der Waals surface area (Å²) in [6.45, 7) is 1.30. The first kappa shape index (κ1) is 12.0. The summed E-state index contributed by atoms with van der Waals surface area (Å²) in [6.07, 6.45) is 1.45. The number of hydrogen-bond acceptors (Lipinski definition) is 3. The molecule has 0 heterocycles. The van der Waals surface area contributed by atoms with E-state index >= 15 is 0 Å². The normalized spacial score (nSPS) is 11.0. The van der Waals surface area contributed by atoms with Crippen molar-refractivity contribution in [3.8, 4) is 5.75 Å². The van der Waals surface area contributed by atoms with Crippen molar-refractivity contribution in [3.05, 3.63) is 35.4 Å². The standard InChI is InChI=1S/C12H13NO3/c1-8(14)11(12(13)15)7-9-4-3-5-10(6-9)16-2/h3-7H,1-2H3,(H2,13,15)/b11-7-. The molecule has 0 aromatic heterocycles. The molecule has 0 spiro atoms. The first-order chi connectivity index (χ1) is 7.54. The van der Waals surface area contributed by atoms with Gasteiger partial charge in [0.05, 0.1) is 12.7 Å². The number of nitrogens with two attached hydrogens (primary N) is 1. The summed E-state index contributed by atoms with van der Waals surface area (Å²) in [7, 11) is 1.54. The van der Waals surface area contributed by atoms with Gasteiger partial charge in [0.25, 0.3) is 5.91 Å². The minimum absolute atomic E-state index is 0.0201. The predicted octanol–water partition coefficient (Wildman–Crippen LogP) is 1.15. The smallest absolute Gasteiger partial charge is 0.252 e. The van der Waals surface area contributed by atoms with Crippen LogP contribution in [0.15, 0.2) is 29.8 Å². The molecule has 0 bridgehead atoms. The third-order valence-corrected chi connectivity index (χ3v) is 2.05. The number of methoxy groups -OCH3 is 1. The summed E-state index contributed by atoms with van der Waals surface area (Å²) >= 11 is 0. The second-order valence-electron chi connectivity index (χ2n) is 3.26. The molecular weight excluding hydrogens is 206 g/mol. The number of carbonyl (C=O) groups is 2. The molecule has 1 aromatic carbocycles. The van der Waals surface area contributed by atoms with Crippen LogP contribution < -0.4 is 10.5 Å². The highest BCUT2D eigenvalue weighted by atomic mass is 16.5. The maximum atomic E-state index is 11.1. The number of ether oxygens (including phenoxy) is 1. The molecule has 0 atom stereocenters. The molecule has 0 aliphatic rings. The third-order valence-electron chi connectivity index (χ3n) is 2.05. The lowest BCUT2D eigenvalue weighted by Gasteiger charge is -2.02. The molecule has 0 aliphatic carbocycles. The first-order valence-corrected chi connectivity index (χ1v) is 4.71. The second-order valence-corrected chi connectivity index (χ2v) is 3.26. The average molecular weight is 219 g/mol. The van der Waals surface area contributed by atoms with Gasteiger partial charge in [-0.15, -0.1) is 0 Å². The van der Waals surface area contributed by atoms with E-state index in [2.05, 4.69) is 0 Å². The Kier molecular flexibility index (Phi) is 3.83. The molecule has 0 saturated heterocycles. The highest BCUT2D eigenvalue weighted by Gasteiger charge is 2.10. The number of rotatable bonds is 4. The molecule has 1 aromatic rings. The molecule has 0 aliphatic heterocycles. The summed E-state index contributed by atoms with van der Waals surface area (Å²) in [5, 5.41) is 0. The lowest BCUT2D eigenvalue weighted by molar-refractivity contribution is -0.119. The number of amides is 1. The molecule has 16 heavy (non-hydrogen) atoms. The monoisotopic (exact) mass is 219 g/mol. The zero-order valence-corrected chi connectivity index (χ0v) is 9.19. The van der Waals surface area contributed by atoms with Crippen molar-refractivity contribution in [2.24, 2.45) is 5.73 Å². The Morgan fingerprint density at radius 3 is 2.56 bits per heavy atom. The molecule has 84 valence electrons. The number of hydrogen-bond donors (Lipinski definition) is 1. The fourth-order valence-corrected chi connectivity index (χ4v) is 1.24. The highest BCUT2D eigenvalue weighted by Crippen LogP contribution is 2.15. The van der Waals surface area contributed by atoms with E-state index in [1.807, 2.05) is 0 Å². The van der Waals surface area contributed by atoms with E-state index in [-0.39, 0.29) is 11.4 Å². The van der Waals surface area contributed by atoms with E-state index < -0.39 is 5.91 Å². The van der Waals surface area contributed by atoms with Gasteiger partial charge in [-0.05, 0) is 30.7 Å². The van der Waals surface area contributed by atoms with Crippen molar-refractivity contribution in [3.63, 3.8) is 0 Å². The molecule has 0 saturated carbocycles. The van der Waals surface area contributed by atoms with Crippen molar-refractivity contribution in [1.82, 2.24) is 0 Å². The molecule has 0 fully saturated rings. The van der Waals surface area contributed by atoms with Crippen LogP contribution in [-0.2, 0) is 9.59 Å². The van der Waals surface area contributed by atoms with Crippen LogP contribution in [0.2, 0.25) is 0 Å². The molecule has 1 amide bonds. The van der Waals surface area contributed by atoms with E-state index in [1.54, 1.807) is 31.4 Å². The Morgan fingerprint density at radius 2 is 2.06 bits per heavy atom. The zero-order chi connectivity index (χ0) is 12.1. The van der Waals surface area contributed by atoms with Crippen LogP contribution in [0.5, 0.6) is 5.75 Å². The molecule has 1 rings (SSSR count). The Morgan fingerprint density at radius 1 is 1.38 bits per heavy atom. The number of primary amides is 1. The average Bonchev–Trinajstić information content (AvgIpc) is 2.25. The van der Waals surface area contributed by atoms with Gasteiger partial charge in [0.2, 0.25) is 0 Å². The van der Waals surface area contributed by atoms with Crippen LogP contribution in [0.25, 0.3) is 6.08 Å². The summed E-state index contributed by atoms with van der Waals surface area (Å²) in [4.78, 5) is 22.1. The van der Waals surface area contributed by atoms with Crippen molar-refractivity contribution in [1.29, 1.82) is 0 Å². The molecule has 0 unspecified atom stereocenters. The summed E-state index contributed by atoms with van der Waals surface area (Å²) in [6, 6.07) is 7.01. The highest BCUT2D eigenvalue weighted by molar-refractivity contribution is 6.21. The fraction of sp³-hybridized carbons (Fsp3) is 0.167. The minimum atomic E-state index is -0.727. The summed E-state index contributed by atoms with van der Waals surface area (Å²) < 4.78 is 5.03. The summed E-state index contributed by atoms with van der Waals surface area (Å²) in [5.74, 6) is -0.424. The van der Waals surface area contributed by atoms with Crippen molar-refractivity contribution in [2.75, 3.05) is 7.11 Å². The predicted molar refractivity (Wildman–Crippen MR) is 60.8 cm³/mol. The Bertz CT molecular complexity index is 433. The van der Waals surface area contributed by atoms with Gasteiger partial charge >= 0.3 is 0 Å². The van der Waals surface area contributed by atoms with Crippen LogP contribution in [0.1, 0.15) is 12.5 Å². The maximum absolute atomic E-state index is 11.1. The zero-order valence-electron chi connectivity index (χ0n) is 9.19. The number of benzene rings is 1. The van der Waals surface area contributed by atoms with E-state index in [1.165, 1.54) is 13.0 Å². The second kappa shape index (κ2) is 5.11. The van der Waals surface area contributed by atoms with Gasteiger partial charge in [-0.3, -0.25) is 9.59 Å². The van der Waals surface area contributed by atoms with Crippen molar-refractivity contribution < 1.29 is 14.3 Å². The van der Waals surface area contributed by atoms with Gasteiger partial charge in [-0.2, -0.15) is 0 Å². The lowest BCUT2D eigenvalue weighted by atomic mass is 10.1. The van der Waals surface area contributed by atoms with E-state index in [0.717, 1.165) is 0 Å². The number of Topliss-reactive ketones (excluding diaryl/α,β-unsaturated/α-hetero) is 1. The molecule has 2 N–H and O–H groups in total. The SMILES string of the molecule is COc1cccc(/C=C(/C(C)=O)C(N)=O)c1. The fourth-order valence-electron chi connectivity index (χ4n) is 1.24. The Balaban J connectivity index is 3.12. The van der Waals surface area contributed by atoms with Crippen LogP contribution in [0.4, 0.5) is 0 Å². The van der Waals surface area contributed by atoms with Crippen LogP contribution in [0, 0.1) is 0 Å². The minimum Gasteiger partial charge on any atom is -0.497 e. The molecule has 4 heteroatoms. The lowest BCUT2D eigenvalue weighted by Crippen LogP contribution is -2.18. The van der Waals surface area contributed by atoms with E-state index in [4.69, 9.17) is 10.5 Å². The molecular formula is C12H13NO3. The van der Waals surface area contributed by atoms with Gasteiger partial charge < -0.3 is 10.5 Å². The van der Waals surface area contributed by atoms with Crippen molar-refractivity contribution >= 4 is 17.8 Å². The van der Waals surface area contributed by atoms with E-state index in [0.29, 0.717) is 11.3 Å². The Labute approximate surface area is 93.7 Å². The quantitative estimate of drug-likeness (QED) is 0.469. The third kappa shape index (κ3) is 2.95. The van der Waals surface area contributed by atoms with Crippen LogP contribution in [-0.4, -0.2) is 18.8 Å². The van der Waals surface area contributed by atoms with Gasteiger partial charge in [0.1, 0.15) is 5.75 Å². The van der Waals surface area contributed by atoms with Gasteiger partial charge in [0.15, 0.2) is 5.78 Å². The maximum Gasteiger partial charge on any atom is 0.252 e. The van der Waals surface area contributed by atoms with Gasteiger partial charge in [0, 0.05) is 0 Å². The topological polar surface area (TPSA) is 69.4 Å². The largest absolute Gasteiger partial charge is 0.497 e. The number of carbonyl (C=O) groups excluding carboxylic acids is 2. The first-order valence-electron chi connectivity index (χ1n) is 4.71. The van der Waals surface area contributed by atoms with Gasteiger partial charge in [-0.1, -0.05) is 12.1 Å². The molecule has 4 nitrogen and oxygen atoms in total. The number of ketones is 1. The molecule has 0 radical (unpaired) electrons. The van der Waals surface area contributed by atoms with Crippen LogP contribution in [0.3, 0.4) is 0 Å². The van der Waals surface area contributed by atoms with Crippen molar-refractivity contribution in [2.45, 2.75) is 6.92 Å².